The molecule has 1 heterocycles. The molecule has 0 amide bonds. The van der Waals surface area contributed by atoms with E-state index in [-0.39, 0.29) is 0 Å². The molecule has 3 nitrogen and oxygen atoms in total. The number of rotatable bonds is 3. The van der Waals surface area contributed by atoms with E-state index >= 15 is 0 Å². The maximum absolute atomic E-state index is 10.7. The van der Waals surface area contributed by atoms with Crippen LogP contribution in [0.25, 0.3) is 0 Å². The minimum absolute atomic E-state index is 0.559. The molecule has 2 unspecified atom stereocenters. The first-order valence-electron chi connectivity index (χ1n) is 8.84. The van der Waals surface area contributed by atoms with Gasteiger partial charge in [-0.3, -0.25) is 0 Å². The Kier molecular flexibility index (Phi) is 3.97. The van der Waals surface area contributed by atoms with Gasteiger partial charge in [-0.05, 0) is 48.6 Å². The molecule has 0 spiro atoms. The zero-order chi connectivity index (χ0) is 15.0. The fourth-order valence-electron chi connectivity index (χ4n) is 4.72. The van der Waals surface area contributed by atoms with Gasteiger partial charge in [0.15, 0.2) is 0 Å². The average Bonchev–Trinajstić information content (AvgIpc) is 2.80. The molecule has 2 aliphatic carbocycles. The van der Waals surface area contributed by atoms with Gasteiger partial charge < -0.3 is 15.2 Å². The Bertz CT molecular complexity index is 491. The van der Waals surface area contributed by atoms with Crippen molar-refractivity contribution in [2.45, 2.75) is 50.2 Å². The van der Waals surface area contributed by atoms with Crippen LogP contribution in [-0.2, 0) is 17.6 Å². The molecule has 1 saturated carbocycles. The summed E-state index contributed by atoms with van der Waals surface area (Å²) in [5.41, 5.74) is 2.54. The van der Waals surface area contributed by atoms with Crippen molar-refractivity contribution >= 4 is 0 Å². The second-order valence-corrected chi connectivity index (χ2v) is 7.52. The molecular formula is C19H27NO2. The quantitative estimate of drug-likeness (QED) is 0.900. The van der Waals surface area contributed by atoms with E-state index in [2.05, 4.69) is 29.6 Å². The number of fused-ring (bicyclic) bond motifs is 3. The van der Waals surface area contributed by atoms with E-state index in [1.165, 1.54) is 25.7 Å². The molecular weight excluding hydrogens is 274 g/mol. The Morgan fingerprint density at radius 1 is 1.05 bits per heavy atom. The fourth-order valence-corrected chi connectivity index (χ4v) is 4.72. The van der Waals surface area contributed by atoms with Crippen molar-refractivity contribution in [3.05, 3.63) is 35.4 Å². The molecule has 2 bridgehead atoms. The Morgan fingerprint density at radius 2 is 1.64 bits per heavy atom. The summed E-state index contributed by atoms with van der Waals surface area (Å²) in [5, 5.41) is 14.5. The Labute approximate surface area is 133 Å². The predicted molar refractivity (Wildman–Crippen MR) is 86.9 cm³/mol. The van der Waals surface area contributed by atoms with Crippen molar-refractivity contribution < 1.29 is 9.84 Å². The molecule has 1 aromatic carbocycles. The Hall–Kier alpha value is -0.900. The van der Waals surface area contributed by atoms with Crippen molar-refractivity contribution in [3.63, 3.8) is 0 Å². The third-order valence-electron chi connectivity index (χ3n) is 6.10. The monoisotopic (exact) mass is 301 g/mol. The maximum Gasteiger partial charge on any atom is 0.0815 e. The topological polar surface area (TPSA) is 41.5 Å². The summed E-state index contributed by atoms with van der Waals surface area (Å²) in [6, 6.07) is 9.52. The zero-order valence-electron chi connectivity index (χ0n) is 13.3. The third-order valence-corrected chi connectivity index (χ3v) is 6.10. The van der Waals surface area contributed by atoms with E-state index in [1.807, 2.05) is 0 Å². The normalized spacial score (nSPS) is 33.2. The number of hydrogen-bond acceptors (Lipinski definition) is 3. The highest BCUT2D eigenvalue weighted by Gasteiger charge is 2.40. The lowest BCUT2D eigenvalue weighted by molar-refractivity contribution is -0.0637. The van der Waals surface area contributed by atoms with Crippen LogP contribution in [0.1, 0.15) is 36.8 Å². The summed E-state index contributed by atoms with van der Waals surface area (Å²) in [5.74, 6) is 1.47. The molecule has 1 aliphatic heterocycles. The Balaban J connectivity index is 1.45. The number of hydrogen-bond donors (Lipinski definition) is 2. The van der Waals surface area contributed by atoms with Gasteiger partial charge in [0, 0.05) is 38.6 Å². The van der Waals surface area contributed by atoms with E-state index in [0.717, 1.165) is 31.2 Å². The molecule has 0 aromatic heterocycles. The summed E-state index contributed by atoms with van der Waals surface area (Å²) in [6.45, 7) is 2.12. The molecule has 120 valence electrons. The molecule has 0 radical (unpaired) electrons. The van der Waals surface area contributed by atoms with Crippen molar-refractivity contribution in [1.29, 1.82) is 0 Å². The first-order chi connectivity index (χ1) is 10.7. The molecule has 3 aliphatic rings. The van der Waals surface area contributed by atoms with Crippen molar-refractivity contribution in [2.24, 2.45) is 11.8 Å². The van der Waals surface area contributed by atoms with E-state index < -0.39 is 5.60 Å². The predicted octanol–water partition coefficient (Wildman–Crippen LogP) is 2.31. The van der Waals surface area contributed by atoms with Gasteiger partial charge in [-0.25, -0.2) is 0 Å². The lowest BCUT2D eigenvalue weighted by Gasteiger charge is -2.35. The summed E-state index contributed by atoms with van der Waals surface area (Å²) >= 11 is 0. The number of ether oxygens (including phenoxy) is 1. The van der Waals surface area contributed by atoms with E-state index in [1.54, 1.807) is 11.1 Å². The zero-order valence-corrected chi connectivity index (χ0v) is 13.3. The summed E-state index contributed by atoms with van der Waals surface area (Å²) in [6.07, 6.45) is 6.60. The minimum Gasteiger partial charge on any atom is -0.388 e. The molecule has 2 atom stereocenters. The van der Waals surface area contributed by atoms with Crippen LogP contribution in [0, 0.1) is 11.8 Å². The molecule has 3 heteroatoms. The molecule has 22 heavy (non-hydrogen) atoms. The second-order valence-electron chi connectivity index (χ2n) is 7.52. The van der Waals surface area contributed by atoms with Crippen LogP contribution in [-0.4, -0.2) is 36.5 Å². The highest BCUT2D eigenvalue weighted by molar-refractivity contribution is 5.30. The van der Waals surface area contributed by atoms with Gasteiger partial charge in [0.1, 0.15) is 0 Å². The standard InChI is InChI=1S/C19H27NO2/c21-19(7-9-22-10-8-19)13-20-18-16-5-6-17(18)12-15-4-2-1-3-14(15)11-16/h1-4,16-18,20-21H,5-13H2. The van der Waals surface area contributed by atoms with Crippen LogP contribution in [0.5, 0.6) is 0 Å². The van der Waals surface area contributed by atoms with E-state index in [9.17, 15) is 5.11 Å². The van der Waals surface area contributed by atoms with E-state index in [4.69, 9.17) is 4.74 Å². The van der Waals surface area contributed by atoms with Crippen LogP contribution in [0.4, 0.5) is 0 Å². The third kappa shape index (κ3) is 2.82. The van der Waals surface area contributed by atoms with Crippen LogP contribution >= 0.6 is 0 Å². The first-order valence-corrected chi connectivity index (χ1v) is 8.84. The smallest absolute Gasteiger partial charge is 0.0815 e. The molecule has 1 saturated heterocycles. The minimum atomic E-state index is -0.559. The molecule has 4 rings (SSSR count). The van der Waals surface area contributed by atoms with Gasteiger partial charge in [0.2, 0.25) is 0 Å². The van der Waals surface area contributed by atoms with Gasteiger partial charge in [0.25, 0.3) is 0 Å². The van der Waals surface area contributed by atoms with Crippen molar-refractivity contribution in [1.82, 2.24) is 5.32 Å². The maximum atomic E-state index is 10.7. The van der Waals surface area contributed by atoms with E-state index in [0.29, 0.717) is 19.3 Å². The number of aliphatic hydroxyl groups is 1. The summed E-state index contributed by atoms with van der Waals surface area (Å²) < 4.78 is 5.39. The molecule has 2 fully saturated rings. The average molecular weight is 301 g/mol. The fraction of sp³-hybridized carbons (Fsp3) is 0.684. The van der Waals surface area contributed by atoms with Crippen molar-refractivity contribution in [3.8, 4) is 0 Å². The van der Waals surface area contributed by atoms with Gasteiger partial charge in [-0.15, -0.1) is 0 Å². The highest BCUT2D eigenvalue weighted by atomic mass is 16.5. The lowest BCUT2D eigenvalue weighted by Crippen LogP contribution is -2.50. The van der Waals surface area contributed by atoms with Crippen LogP contribution in [0.3, 0.4) is 0 Å². The van der Waals surface area contributed by atoms with Gasteiger partial charge in [-0.2, -0.15) is 0 Å². The summed E-state index contributed by atoms with van der Waals surface area (Å²) in [4.78, 5) is 0. The first kappa shape index (κ1) is 14.7. The highest BCUT2D eigenvalue weighted by Crippen LogP contribution is 2.40. The van der Waals surface area contributed by atoms with Gasteiger partial charge in [0.05, 0.1) is 5.60 Å². The largest absolute Gasteiger partial charge is 0.388 e. The number of benzene rings is 1. The van der Waals surface area contributed by atoms with Gasteiger partial charge >= 0.3 is 0 Å². The van der Waals surface area contributed by atoms with Crippen LogP contribution in [0.15, 0.2) is 24.3 Å². The lowest BCUT2D eigenvalue weighted by atomic mass is 9.91. The van der Waals surface area contributed by atoms with Crippen LogP contribution < -0.4 is 5.32 Å². The van der Waals surface area contributed by atoms with Gasteiger partial charge in [-0.1, -0.05) is 24.3 Å². The Morgan fingerprint density at radius 3 is 2.23 bits per heavy atom. The number of nitrogens with one attached hydrogen (secondary N) is 1. The molecule has 2 N–H and O–H groups in total. The summed E-state index contributed by atoms with van der Waals surface area (Å²) in [7, 11) is 0. The van der Waals surface area contributed by atoms with Crippen LogP contribution in [0.2, 0.25) is 0 Å². The second kappa shape index (κ2) is 5.95. The van der Waals surface area contributed by atoms with Crippen molar-refractivity contribution in [2.75, 3.05) is 19.8 Å². The SMILES string of the molecule is OC1(CNC2C3CCC2Cc2ccccc2C3)CCOCC1. The molecule has 1 aromatic rings.